The molecule has 0 aliphatic rings. The van der Waals surface area contributed by atoms with Crippen molar-refractivity contribution >= 4 is 28.5 Å². The maximum atomic E-state index is 13.0. The average molecular weight is 429 g/mol. The van der Waals surface area contributed by atoms with E-state index in [2.05, 4.69) is 25.5 Å². The van der Waals surface area contributed by atoms with Gasteiger partial charge in [0.25, 0.3) is 5.91 Å². The molecular formula is C20H14F3N5O3. The predicted octanol–water partition coefficient (Wildman–Crippen LogP) is 4.23. The summed E-state index contributed by atoms with van der Waals surface area (Å²) in [5.41, 5.74) is 0.325. The summed E-state index contributed by atoms with van der Waals surface area (Å²) < 4.78 is 38.9. The van der Waals surface area contributed by atoms with Gasteiger partial charge in [0.15, 0.2) is 5.69 Å². The lowest BCUT2D eigenvalue weighted by atomic mass is 10.1. The molecule has 8 nitrogen and oxygen atoms in total. The molecule has 2 heterocycles. The molecule has 0 aliphatic carbocycles. The highest BCUT2D eigenvalue weighted by molar-refractivity contribution is 6.06. The van der Waals surface area contributed by atoms with Crippen LogP contribution in [0.5, 0.6) is 0 Å². The minimum Gasteiger partial charge on any atom is -0.476 e. The second-order valence-corrected chi connectivity index (χ2v) is 6.73. The molecule has 0 spiro atoms. The highest BCUT2D eigenvalue weighted by atomic mass is 19.4. The van der Waals surface area contributed by atoms with Crippen molar-refractivity contribution in [2.75, 3.05) is 5.32 Å². The first-order valence-corrected chi connectivity index (χ1v) is 8.90. The number of aromatic carboxylic acids is 1. The van der Waals surface area contributed by atoms with Crippen LogP contribution in [0.4, 0.5) is 18.9 Å². The van der Waals surface area contributed by atoms with E-state index in [1.165, 1.54) is 18.2 Å². The quantitative estimate of drug-likeness (QED) is 0.387. The van der Waals surface area contributed by atoms with Gasteiger partial charge in [-0.15, -0.1) is 0 Å². The molecule has 0 bridgehead atoms. The number of carbonyl (C=O) groups excluding carboxylic acids is 1. The van der Waals surface area contributed by atoms with Gasteiger partial charge in [-0.05, 0) is 37.3 Å². The molecule has 0 radical (unpaired) electrons. The normalized spacial score (nSPS) is 11.6. The molecule has 31 heavy (non-hydrogen) atoms. The van der Waals surface area contributed by atoms with Crippen LogP contribution in [-0.2, 0) is 6.18 Å². The number of carboxylic acid groups (broad SMARTS) is 1. The van der Waals surface area contributed by atoms with Crippen molar-refractivity contribution in [3.63, 3.8) is 0 Å². The minimum atomic E-state index is -4.50. The third kappa shape index (κ3) is 3.84. The summed E-state index contributed by atoms with van der Waals surface area (Å²) >= 11 is 0. The highest BCUT2D eigenvalue weighted by Crippen LogP contribution is 2.31. The van der Waals surface area contributed by atoms with Gasteiger partial charge in [-0.25, -0.2) is 9.78 Å². The maximum absolute atomic E-state index is 13.0. The lowest BCUT2D eigenvalue weighted by Gasteiger charge is -2.07. The number of nitrogens with zero attached hydrogens (tertiary/aromatic N) is 2. The van der Waals surface area contributed by atoms with E-state index in [1.807, 2.05) is 0 Å². The molecule has 4 N–H and O–H groups in total. The fraction of sp³-hybridized carbons (Fsp3) is 0.100. The Hall–Kier alpha value is -4.15. The number of anilines is 1. The van der Waals surface area contributed by atoms with Crippen molar-refractivity contribution in [2.24, 2.45) is 0 Å². The fourth-order valence-electron chi connectivity index (χ4n) is 3.11. The first-order chi connectivity index (χ1) is 14.6. The summed E-state index contributed by atoms with van der Waals surface area (Å²) in [7, 11) is 0. The lowest BCUT2D eigenvalue weighted by Crippen LogP contribution is -2.13. The van der Waals surface area contributed by atoms with Gasteiger partial charge in [0.2, 0.25) is 0 Å². The van der Waals surface area contributed by atoms with Gasteiger partial charge in [-0.1, -0.05) is 12.1 Å². The smallest absolute Gasteiger partial charge is 0.416 e. The second-order valence-electron chi connectivity index (χ2n) is 6.73. The zero-order valence-corrected chi connectivity index (χ0v) is 15.8. The molecule has 158 valence electrons. The van der Waals surface area contributed by atoms with Gasteiger partial charge in [0, 0.05) is 22.3 Å². The molecule has 0 saturated carbocycles. The van der Waals surface area contributed by atoms with E-state index in [9.17, 15) is 27.9 Å². The van der Waals surface area contributed by atoms with Crippen LogP contribution in [-0.4, -0.2) is 37.1 Å². The monoisotopic (exact) mass is 429 g/mol. The van der Waals surface area contributed by atoms with Gasteiger partial charge in [-0.2, -0.15) is 18.3 Å². The Morgan fingerprint density at radius 3 is 2.58 bits per heavy atom. The van der Waals surface area contributed by atoms with Gasteiger partial charge >= 0.3 is 12.1 Å². The van der Waals surface area contributed by atoms with Gasteiger partial charge in [0.1, 0.15) is 11.5 Å². The molecule has 2 aromatic carbocycles. The largest absolute Gasteiger partial charge is 0.476 e. The molecule has 0 fully saturated rings. The van der Waals surface area contributed by atoms with Crippen molar-refractivity contribution in [2.45, 2.75) is 13.1 Å². The van der Waals surface area contributed by atoms with Crippen LogP contribution in [0.1, 0.15) is 32.2 Å². The molecule has 1 amide bonds. The molecule has 2 aromatic heterocycles. The van der Waals surface area contributed by atoms with Crippen molar-refractivity contribution in [1.82, 2.24) is 20.2 Å². The Balaban J connectivity index is 1.62. The van der Waals surface area contributed by atoms with Crippen LogP contribution in [0.25, 0.3) is 22.3 Å². The fourth-order valence-corrected chi connectivity index (χ4v) is 3.11. The Kier molecular flexibility index (Phi) is 4.72. The number of hydrogen-bond donors (Lipinski definition) is 4. The van der Waals surface area contributed by atoms with Crippen LogP contribution >= 0.6 is 0 Å². The van der Waals surface area contributed by atoms with E-state index >= 15 is 0 Å². The molecule has 4 aromatic rings. The molecule has 0 saturated heterocycles. The summed E-state index contributed by atoms with van der Waals surface area (Å²) in [6.45, 7) is 1.57. The number of halogens is 3. The standard InChI is InChI=1S/C20H14F3N5O3/c1-9-15(26-17(24-9)10-3-2-4-11(7-10)20(21,22)23)18(29)25-12-5-6-14-13(8-12)16(19(30)31)28-27-14/h2-8H,1H3,(H,24,26)(H,25,29)(H,27,28)(H,30,31). The molecule has 0 atom stereocenters. The van der Waals surface area contributed by atoms with Crippen LogP contribution < -0.4 is 5.32 Å². The highest BCUT2D eigenvalue weighted by Gasteiger charge is 2.30. The third-order valence-electron chi connectivity index (χ3n) is 4.59. The molecule has 4 rings (SSSR count). The lowest BCUT2D eigenvalue weighted by molar-refractivity contribution is -0.137. The summed E-state index contributed by atoms with van der Waals surface area (Å²) in [6.07, 6.45) is -4.50. The molecule has 0 unspecified atom stereocenters. The van der Waals surface area contributed by atoms with Crippen LogP contribution in [0.3, 0.4) is 0 Å². The van der Waals surface area contributed by atoms with Crippen molar-refractivity contribution in [1.29, 1.82) is 0 Å². The number of nitrogens with one attached hydrogen (secondary N) is 3. The number of rotatable bonds is 4. The minimum absolute atomic E-state index is 0.00170. The Morgan fingerprint density at radius 2 is 1.87 bits per heavy atom. The number of hydrogen-bond acceptors (Lipinski definition) is 4. The van der Waals surface area contributed by atoms with E-state index in [0.717, 1.165) is 12.1 Å². The van der Waals surface area contributed by atoms with Gasteiger partial charge in [0.05, 0.1) is 11.1 Å². The summed E-state index contributed by atoms with van der Waals surface area (Å²) in [4.78, 5) is 30.9. The number of fused-ring (bicyclic) bond motifs is 1. The Labute approximate surface area is 172 Å². The van der Waals surface area contributed by atoms with Crippen molar-refractivity contribution in [3.8, 4) is 11.4 Å². The number of H-pyrrole nitrogens is 2. The number of carboxylic acids is 1. The summed E-state index contributed by atoms with van der Waals surface area (Å²) in [6, 6.07) is 9.18. The summed E-state index contributed by atoms with van der Waals surface area (Å²) in [5, 5.41) is 18.4. The van der Waals surface area contributed by atoms with E-state index in [4.69, 9.17) is 0 Å². The van der Waals surface area contributed by atoms with Crippen LogP contribution in [0.15, 0.2) is 42.5 Å². The first kappa shape index (κ1) is 20.1. The predicted molar refractivity (Wildman–Crippen MR) is 105 cm³/mol. The summed E-state index contributed by atoms with van der Waals surface area (Å²) in [5.74, 6) is -1.71. The van der Waals surface area contributed by atoms with E-state index in [0.29, 0.717) is 22.3 Å². The van der Waals surface area contributed by atoms with Crippen LogP contribution in [0, 0.1) is 6.92 Å². The second kappa shape index (κ2) is 7.27. The number of imidazole rings is 1. The van der Waals surface area contributed by atoms with E-state index in [-0.39, 0.29) is 22.8 Å². The SMILES string of the molecule is Cc1[nH]c(-c2cccc(C(F)(F)F)c2)nc1C(=O)Nc1ccc2[nH]nc(C(=O)O)c2c1. The third-order valence-corrected chi connectivity index (χ3v) is 4.59. The molecular weight excluding hydrogens is 415 g/mol. The topological polar surface area (TPSA) is 124 Å². The zero-order valence-electron chi connectivity index (χ0n) is 15.8. The number of aromatic amines is 2. The van der Waals surface area contributed by atoms with Crippen molar-refractivity contribution in [3.05, 3.63) is 65.1 Å². The number of aryl methyl sites for hydroxylation is 1. The van der Waals surface area contributed by atoms with E-state index < -0.39 is 23.6 Å². The first-order valence-electron chi connectivity index (χ1n) is 8.90. The number of carbonyl (C=O) groups is 2. The number of alkyl halides is 3. The average Bonchev–Trinajstić information content (AvgIpc) is 3.31. The number of amides is 1. The number of benzene rings is 2. The maximum Gasteiger partial charge on any atom is 0.416 e. The zero-order chi connectivity index (χ0) is 22.3. The molecule has 0 aliphatic heterocycles. The van der Waals surface area contributed by atoms with Gasteiger partial charge in [-0.3, -0.25) is 9.89 Å². The van der Waals surface area contributed by atoms with Crippen molar-refractivity contribution < 1.29 is 27.9 Å². The molecule has 11 heteroatoms. The van der Waals surface area contributed by atoms with Crippen LogP contribution in [0.2, 0.25) is 0 Å². The Morgan fingerprint density at radius 1 is 1.10 bits per heavy atom. The van der Waals surface area contributed by atoms with E-state index in [1.54, 1.807) is 19.1 Å². The number of aromatic nitrogens is 4. The van der Waals surface area contributed by atoms with Gasteiger partial charge < -0.3 is 15.4 Å². The Bertz CT molecular complexity index is 1320.